The highest BCUT2D eigenvalue weighted by Gasteiger charge is 2.37. The number of imide groups is 2. The van der Waals surface area contributed by atoms with Gasteiger partial charge in [-0.2, -0.15) is 5.26 Å². The molecule has 0 spiro atoms. The summed E-state index contributed by atoms with van der Waals surface area (Å²) >= 11 is 5.95. The van der Waals surface area contributed by atoms with Crippen molar-refractivity contribution in [1.29, 1.82) is 5.26 Å². The van der Waals surface area contributed by atoms with E-state index in [0.717, 1.165) is 15.7 Å². The number of urea groups is 1. The Hall–Kier alpha value is -4.93. The largest absolute Gasteiger partial charge is 0.488 e. The number of hydrogen-bond acceptors (Lipinski definition) is 5. The number of anilines is 1. The number of rotatable bonds is 5. The fourth-order valence-corrected chi connectivity index (χ4v) is 4.21. The maximum absolute atomic E-state index is 13.4. The van der Waals surface area contributed by atoms with Gasteiger partial charge in [0.25, 0.3) is 11.8 Å². The van der Waals surface area contributed by atoms with Crippen molar-refractivity contribution in [3.63, 3.8) is 0 Å². The number of barbiturate groups is 1. The predicted octanol–water partition coefficient (Wildman–Crippen LogP) is 5.61. The Morgan fingerprint density at radius 1 is 0.919 bits per heavy atom. The second-order valence-electron chi connectivity index (χ2n) is 8.19. The van der Waals surface area contributed by atoms with Gasteiger partial charge < -0.3 is 4.74 Å². The number of nitriles is 1. The average Bonchev–Trinajstić information content (AvgIpc) is 2.91. The molecule has 4 aromatic carbocycles. The molecule has 1 saturated heterocycles. The number of ether oxygens (including phenoxy) is 1. The number of benzene rings is 4. The van der Waals surface area contributed by atoms with Gasteiger partial charge in [-0.15, -0.1) is 0 Å². The Morgan fingerprint density at radius 3 is 2.43 bits per heavy atom. The molecule has 0 aliphatic carbocycles. The molecular formula is C29H18ClN3O4. The lowest BCUT2D eigenvalue weighted by atomic mass is 9.99. The normalized spacial score (nSPS) is 14.5. The van der Waals surface area contributed by atoms with Crippen LogP contribution in [0.1, 0.15) is 16.7 Å². The summed E-state index contributed by atoms with van der Waals surface area (Å²) in [5.41, 5.74) is 1.72. The first-order chi connectivity index (χ1) is 18.0. The van der Waals surface area contributed by atoms with Crippen LogP contribution in [0.15, 0.2) is 90.5 Å². The van der Waals surface area contributed by atoms with E-state index in [1.54, 1.807) is 36.4 Å². The van der Waals surface area contributed by atoms with E-state index in [-0.39, 0.29) is 17.9 Å². The summed E-state index contributed by atoms with van der Waals surface area (Å²) in [6.45, 7) is 0.105. The average molecular weight is 508 g/mol. The zero-order valence-corrected chi connectivity index (χ0v) is 20.0. The van der Waals surface area contributed by atoms with E-state index in [2.05, 4.69) is 11.4 Å². The van der Waals surface area contributed by atoms with E-state index in [9.17, 15) is 19.6 Å². The topological polar surface area (TPSA) is 99.5 Å². The van der Waals surface area contributed by atoms with E-state index in [0.29, 0.717) is 27.5 Å². The van der Waals surface area contributed by atoms with Gasteiger partial charge in [0.05, 0.1) is 17.3 Å². The van der Waals surface area contributed by atoms with Gasteiger partial charge >= 0.3 is 6.03 Å². The van der Waals surface area contributed by atoms with Gasteiger partial charge in [0.2, 0.25) is 0 Å². The van der Waals surface area contributed by atoms with Crippen molar-refractivity contribution < 1.29 is 19.1 Å². The summed E-state index contributed by atoms with van der Waals surface area (Å²) < 4.78 is 6.10. The number of nitrogens with one attached hydrogen (secondary N) is 1. The number of nitrogens with zero attached hydrogens (tertiary/aromatic N) is 2. The van der Waals surface area contributed by atoms with Gasteiger partial charge in [-0.3, -0.25) is 14.9 Å². The summed E-state index contributed by atoms with van der Waals surface area (Å²) in [7, 11) is 0. The fraction of sp³-hybridized carbons (Fsp3) is 0.0345. The van der Waals surface area contributed by atoms with E-state index in [1.165, 1.54) is 18.2 Å². The SMILES string of the molecule is N#Cc1ccccc1COc1ccc2ccccc2c1/C=C1\C(=O)NC(=O)N(c2ccc(Cl)cc2)C1=O. The Kier molecular flexibility index (Phi) is 6.42. The lowest BCUT2D eigenvalue weighted by Crippen LogP contribution is -2.54. The Labute approximate surface area is 217 Å². The molecule has 4 aromatic rings. The molecule has 1 aliphatic heterocycles. The second kappa shape index (κ2) is 9.97. The first-order valence-corrected chi connectivity index (χ1v) is 11.6. The Bertz CT molecular complexity index is 1640. The number of carbonyl (C=O) groups is 3. The molecule has 1 fully saturated rings. The maximum atomic E-state index is 13.4. The number of halogens is 1. The number of amides is 4. The van der Waals surface area contributed by atoms with Crippen molar-refractivity contribution in [1.82, 2.24) is 5.32 Å². The minimum absolute atomic E-state index is 0.105. The molecule has 0 atom stereocenters. The second-order valence-corrected chi connectivity index (χ2v) is 8.63. The maximum Gasteiger partial charge on any atom is 0.335 e. The quantitative estimate of drug-likeness (QED) is 0.279. The van der Waals surface area contributed by atoms with E-state index in [4.69, 9.17) is 16.3 Å². The highest BCUT2D eigenvalue weighted by Crippen LogP contribution is 2.32. The minimum Gasteiger partial charge on any atom is -0.488 e. The van der Waals surface area contributed by atoms with Crippen LogP contribution in [0.25, 0.3) is 16.8 Å². The molecule has 0 radical (unpaired) electrons. The van der Waals surface area contributed by atoms with Crippen molar-refractivity contribution in [2.45, 2.75) is 6.61 Å². The van der Waals surface area contributed by atoms with Gasteiger partial charge in [0.1, 0.15) is 17.9 Å². The van der Waals surface area contributed by atoms with Gasteiger partial charge in [-0.25, -0.2) is 9.69 Å². The molecule has 0 unspecified atom stereocenters. The van der Waals surface area contributed by atoms with Crippen LogP contribution >= 0.6 is 11.6 Å². The van der Waals surface area contributed by atoms with Crippen LogP contribution in [0.2, 0.25) is 5.02 Å². The van der Waals surface area contributed by atoms with Gasteiger partial charge in [0.15, 0.2) is 0 Å². The van der Waals surface area contributed by atoms with Crippen LogP contribution in [0.4, 0.5) is 10.5 Å². The summed E-state index contributed by atoms with van der Waals surface area (Å²) in [5.74, 6) is -1.17. The summed E-state index contributed by atoms with van der Waals surface area (Å²) in [6.07, 6.45) is 1.43. The molecule has 1 heterocycles. The minimum atomic E-state index is -0.850. The molecule has 37 heavy (non-hydrogen) atoms. The van der Waals surface area contributed by atoms with Crippen LogP contribution < -0.4 is 15.0 Å². The smallest absolute Gasteiger partial charge is 0.335 e. The lowest BCUT2D eigenvalue weighted by Gasteiger charge is -2.26. The predicted molar refractivity (Wildman–Crippen MR) is 140 cm³/mol. The van der Waals surface area contributed by atoms with Crippen molar-refractivity contribution >= 4 is 52.0 Å². The van der Waals surface area contributed by atoms with Gasteiger partial charge in [-0.05, 0) is 53.2 Å². The van der Waals surface area contributed by atoms with Gasteiger partial charge in [-0.1, -0.05) is 60.1 Å². The first-order valence-electron chi connectivity index (χ1n) is 11.3. The molecule has 1 aliphatic rings. The third-order valence-electron chi connectivity index (χ3n) is 5.93. The van der Waals surface area contributed by atoms with Crippen molar-refractivity contribution in [2.24, 2.45) is 0 Å². The monoisotopic (exact) mass is 507 g/mol. The lowest BCUT2D eigenvalue weighted by molar-refractivity contribution is -0.122. The Balaban J connectivity index is 1.59. The van der Waals surface area contributed by atoms with Crippen LogP contribution in [0, 0.1) is 11.3 Å². The highest BCUT2D eigenvalue weighted by atomic mass is 35.5. The number of carbonyl (C=O) groups excluding carboxylic acids is 3. The van der Waals surface area contributed by atoms with E-state index in [1.807, 2.05) is 36.4 Å². The van der Waals surface area contributed by atoms with Gasteiger partial charge in [0, 0.05) is 16.1 Å². The van der Waals surface area contributed by atoms with E-state index < -0.39 is 17.8 Å². The molecule has 0 aromatic heterocycles. The van der Waals surface area contributed by atoms with Crippen LogP contribution in [0.3, 0.4) is 0 Å². The van der Waals surface area contributed by atoms with Crippen molar-refractivity contribution in [2.75, 3.05) is 4.90 Å². The molecule has 4 amide bonds. The number of hydrogen-bond donors (Lipinski definition) is 1. The first kappa shape index (κ1) is 23.8. The molecule has 8 heteroatoms. The van der Waals surface area contributed by atoms with Crippen molar-refractivity contribution in [3.05, 3.63) is 112 Å². The molecule has 180 valence electrons. The number of fused-ring (bicyclic) bond motifs is 1. The van der Waals surface area contributed by atoms with Crippen molar-refractivity contribution in [3.8, 4) is 11.8 Å². The third kappa shape index (κ3) is 4.66. The molecule has 7 nitrogen and oxygen atoms in total. The van der Waals surface area contributed by atoms with Crippen LogP contribution in [-0.2, 0) is 16.2 Å². The molecule has 0 bridgehead atoms. The molecular weight excluding hydrogens is 490 g/mol. The Morgan fingerprint density at radius 2 is 1.65 bits per heavy atom. The van der Waals surface area contributed by atoms with Crippen LogP contribution in [0.5, 0.6) is 5.75 Å². The molecule has 5 rings (SSSR count). The van der Waals surface area contributed by atoms with E-state index >= 15 is 0 Å². The van der Waals surface area contributed by atoms with Crippen LogP contribution in [-0.4, -0.2) is 17.8 Å². The highest BCUT2D eigenvalue weighted by molar-refractivity contribution is 6.39. The standard InChI is InChI=1S/C29H18ClN3O4/c30-21-10-12-22(13-11-21)33-28(35)25(27(34)32-29(33)36)15-24-23-8-4-3-5-18(23)9-14-26(24)37-17-20-7-2-1-6-19(20)16-31/h1-15H,17H2,(H,32,34,36)/b25-15+. The zero-order chi connectivity index (χ0) is 25.9. The third-order valence-corrected chi connectivity index (χ3v) is 6.18. The summed E-state index contributed by atoms with van der Waals surface area (Å²) in [6, 6.07) is 25.6. The summed E-state index contributed by atoms with van der Waals surface area (Å²) in [5, 5.41) is 13.7. The zero-order valence-electron chi connectivity index (χ0n) is 19.3. The summed E-state index contributed by atoms with van der Waals surface area (Å²) in [4.78, 5) is 39.7. The molecule has 1 N–H and O–H groups in total. The molecule has 0 saturated carbocycles. The fourth-order valence-electron chi connectivity index (χ4n) is 4.09.